The third-order valence-corrected chi connectivity index (χ3v) is 6.58. The van der Waals surface area contributed by atoms with E-state index in [2.05, 4.69) is 167 Å². The van der Waals surface area contributed by atoms with Gasteiger partial charge in [-0.3, -0.25) is 0 Å². The molecule has 3 aromatic rings. The quantitative estimate of drug-likeness (QED) is 0.265. The SMILES string of the molecule is CC(C)(C)c1ccc(C(C)(C)C)nn1.CC(C)(C)c1cnc(C(C)(C)C)nc1.CC(C)(C)c1cnc(C(C)(C)C)nc1. The number of hydrogen-bond acceptors (Lipinski definition) is 6. The third-order valence-electron chi connectivity index (χ3n) is 6.58. The maximum absolute atomic E-state index is 4.41. The van der Waals surface area contributed by atoms with Gasteiger partial charge in [0.05, 0.1) is 11.4 Å². The van der Waals surface area contributed by atoms with Crippen LogP contribution in [0, 0.1) is 0 Å². The fourth-order valence-corrected chi connectivity index (χ4v) is 3.34. The summed E-state index contributed by atoms with van der Waals surface area (Å²) in [6.07, 6.45) is 7.75. The highest BCUT2D eigenvalue weighted by Crippen LogP contribution is 2.25. The molecule has 0 aromatic carbocycles. The summed E-state index contributed by atoms with van der Waals surface area (Å²) < 4.78 is 0. The number of hydrogen-bond donors (Lipinski definition) is 0. The molecule has 0 saturated carbocycles. The molecule has 0 saturated heterocycles. The van der Waals surface area contributed by atoms with Crippen molar-refractivity contribution in [1.29, 1.82) is 0 Å². The molecule has 0 amide bonds. The Balaban J connectivity index is 0.000000315. The van der Waals surface area contributed by atoms with Crippen LogP contribution in [0.25, 0.3) is 0 Å². The third kappa shape index (κ3) is 12.2. The van der Waals surface area contributed by atoms with Gasteiger partial charge in [-0.25, -0.2) is 19.9 Å². The van der Waals surface area contributed by atoms with Gasteiger partial charge in [-0.15, -0.1) is 0 Å². The van der Waals surface area contributed by atoms with E-state index >= 15 is 0 Å². The van der Waals surface area contributed by atoms with Crippen molar-refractivity contribution in [2.24, 2.45) is 0 Å². The summed E-state index contributed by atoms with van der Waals surface area (Å²) in [4.78, 5) is 17.6. The highest BCUT2D eigenvalue weighted by atomic mass is 15.1. The highest BCUT2D eigenvalue weighted by molar-refractivity contribution is 5.19. The minimum absolute atomic E-state index is 0.0381. The van der Waals surface area contributed by atoms with Crippen molar-refractivity contribution in [1.82, 2.24) is 30.1 Å². The molecule has 0 fully saturated rings. The number of nitrogens with zero attached hydrogens (tertiary/aromatic N) is 6. The van der Waals surface area contributed by atoms with E-state index in [9.17, 15) is 0 Å². The first kappa shape index (κ1) is 37.3. The average molecular weight is 577 g/mol. The molecule has 0 bridgehead atoms. The summed E-state index contributed by atoms with van der Waals surface area (Å²) >= 11 is 0. The molecule has 0 unspecified atom stereocenters. The summed E-state index contributed by atoms with van der Waals surface area (Å²) in [6.45, 7) is 38.6. The molecule has 0 aliphatic rings. The lowest BCUT2D eigenvalue weighted by atomic mass is 9.89. The van der Waals surface area contributed by atoms with Crippen LogP contribution in [0.15, 0.2) is 36.9 Å². The number of rotatable bonds is 0. The fourth-order valence-electron chi connectivity index (χ4n) is 3.34. The van der Waals surface area contributed by atoms with Gasteiger partial charge in [-0.2, -0.15) is 10.2 Å². The van der Waals surface area contributed by atoms with Crippen molar-refractivity contribution in [3.8, 4) is 0 Å². The smallest absolute Gasteiger partial charge is 0.133 e. The molecule has 0 atom stereocenters. The van der Waals surface area contributed by atoms with Crippen LogP contribution in [-0.4, -0.2) is 30.1 Å². The molecule has 0 N–H and O–H groups in total. The monoisotopic (exact) mass is 576 g/mol. The van der Waals surface area contributed by atoms with E-state index in [1.54, 1.807) is 0 Å². The van der Waals surface area contributed by atoms with Crippen molar-refractivity contribution in [3.05, 3.63) is 71.1 Å². The van der Waals surface area contributed by atoms with Gasteiger partial charge in [0.2, 0.25) is 0 Å². The van der Waals surface area contributed by atoms with E-state index in [0.717, 1.165) is 23.0 Å². The van der Waals surface area contributed by atoms with Gasteiger partial charge in [0.1, 0.15) is 11.6 Å². The van der Waals surface area contributed by atoms with Crippen LogP contribution in [-0.2, 0) is 32.5 Å². The minimum Gasteiger partial charge on any atom is -0.241 e. The molecular formula is C36H60N6. The second kappa shape index (κ2) is 13.3. The highest BCUT2D eigenvalue weighted by Gasteiger charge is 2.22. The molecule has 0 aliphatic heterocycles. The molecule has 3 aromatic heterocycles. The molecular weight excluding hydrogens is 516 g/mol. The van der Waals surface area contributed by atoms with Gasteiger partial charge in [0.15, 0.2) is 0 Å². The van der Waals surface area contributed by atoms with Crippen molar-refractivity contribution in [2.45, 2.75) is 157 Å². The zero-order valence-corrected chi connectivity index (χ0v) is 30.1. The number of aromatic nitrogens is 6. The summed E-state index contributed by atoms with van der Waals surface area (Å²) in [5.41, 5.74) is 4.99. The lowest BCUT2D eigenvalue weighted by Gasteiger charge is -2.20. The Hall–Kier alpha value is -2.76. The molecule has 6 heteroatoms. The summed E-state index contributed by atoms with van der Waals surface area (Å²) in [5, 5.41) is 8.53. The van der Waals surface area contributed by atoms with E-state index in [1.165, 1.54) is 11.1 Å². The molecule has 3 heterocycles. The molecule has 3 rings (SSSR count). The Labute approximate surface area is 258 Å². The van der Waals surface area contributed by atoms with Crippen LogP contribution in [0.2, 0.25) is 0 Å². The Morgan fingerprint density at radius 2 is 0.571 bits per heavy atom. The van der Waals surface area contributed by atoms with Crippen LogP contribution in [0.3, 0.4) is 0 Å². The lowest BCUT2D eigenvalue weighted by Crippen LogP contribution is -2.18. The van der Waals surface area contributed by atoms with Gasteiger partial charge in [-0.1, -0.05) is 125 Å². The van der Waals surface area contributed by atoms with E-state index in [0.29, 0.717) is 0 Å². The standard InChI is InChI=1S/3C12H20N2/c2*1-11(2,3)9-7-13-10(14-8-9)12(4,5)6;1-11(2,3)9-7-8-10(14-13-9)12(4,5)6/h3*7-8H,1-6H3. The maximum atomic E-state index is 4.41. The first-order valence-corrected chi connectivity index (χ1v) is 15.1. The van der Waals surface area contributed by atoms with Crippen LogP contribution in [0.4, 0.5) is 0 Å². The molecule has 0 radical (unpaired) electrons. The normalized spacial score (nSPS) is 13.0. The Morgan fingerprint density at radius 1 is 0.333 bits per heavy atom. The minimum atomic E-state index is 0.0381. The average Bonchev–Trinajstić information content (AvgIpc) is 2.82. The Kier molecular flexibility index (Phi) is 11.8. The van der Waals surface area contributed by atoms with Gasteiger partial charge < -0.3 is 0 Å². The van der Waals surface area contributed by atoms with Gasteiger partial charge >= 0.3 is 0 Å². The van der Waals surface area contributed by atoms with Gasteiger partial charge in [0, 0.05) is 46.4 Å². The van der Waals surface area contributed by atoms with Gasteiger partial charge in [0.25, 0.3) is 0 Å². The maximum Gasteiger partial charge on any atom is 0.133 e. The molecule has 6 nitrogen and oxygen atoms in total. The first-order valence-electron chi connectivity index (χ1n) is 15.1. The van der Waals surface area contributed by atoms with E-state index < -0.39 is 0 Å². The zero-order valence-electron chi connectivity index (χ0n) is 30.1. The Morgan fingerprint density at radius 3 is 0.714 bits per heavy atom. The van der Waals surface area contributed by atoms with Crippen LogP contribution >= 0.6 is 0 Å². The van der Waals surface area contributed by atoms with Crippen molar-refractivity contribution < 1.29 is 0 Å². The zero-order chi connectivity index (χ0) is 32.9. The first-order chi connectivity index (χ1) is 18.6. The molecule has 0 spiro atoms. The van der Waals surface area contributed by atoms with Crippen LogP contribution < -0.4 is 0 Å². The van der Waals surface area contributed by atoms with Crippen LogP contribution in [0.1, 0.15) is 159 Å². The van der Waals surface area contributed by atoms with E-state index in [4.69, 9.17) is 0 Å². The van der Waals surface area contributed by atoms with Crippen molar-refractivity contribution in [3.63, 3.8) is 0 Å². The van der Waals surface area contributed by atoms with E-state index in [1.807, 2.05) is 24.8 Å². The van der Waals surface area contributed by atoms with Gasteiger partial charge in [-0.05, 0) is 34.1 Å². The predicted molar refractivity (Wildman–Crippen MR) is 178 cm³/mol. The largest absolute Gasteiger partial charge is 0.241 e. The Bertz CT molecular complexity index is 957. The molecule has 234 valence electrons. The molecule has 0 aliphatic carbocycles. The summed E-state index contributed by atoms with van der Waals surface area (Å²) in [6, 6.07) is 4.15. The summed E-state index contributed by atoms with van der Waals surface area (Å²) in [5.74, 6) is 1.82. The van der Waals surface area contributed by atoms with Crippen molar-refractivity contribution in [2.75, 3.05) is 0 Å². The summed E-state index contributed by atoms with van der Waals surface area (Å²) in [7, 11) is 0. The predicted octanol–water partition coefficient (Wildman–Crippen LogP) is 9.21. The second-order valence-electron chi connectivity index (χ2n) is 17.4. The molecule has 42 heavy (non-hydrogen) atoms. The second-order valence-corrected chi connectivity index (χ2v) is 17.4. The van der Waals surface area contributed by atoms with Crippen LogP contribution in [0.5, 0.6) is 0 Å². The lowest BCUT2D eigenvalue weighted by molar-refractivity contribution is 0.527. The topological polar surface area (TPSA) is 77.3 Å². The fraction of sp³-hybridized carbons (Fsp3) is 0.667. The van der Waals surface area contributed by atoms with Crippen molar-refractivity contribution >= 4 is 0 Å². The van der Waals surface area contributed by atoms with E-state index in [-0.39, 0.29) is 32.5 Å².